The Morgan fingerprint density at radius 1 is 1.09 bits per heavy atom. The molecule has 5 aliphatic rings. The molecule has 34 heavy (non-hydrogen) atoms. The van der Waals surface area contributed by atoms with Gasteiger partial charge in [0.05, 0.1) is 12.1 Å². The van der Waals surface area contributed by atoms with Gasteiger partial charge in [0, 0.05) is 48.0 Å². The van der Waals surface area contributed by atoms with Crippen molar-refractivity contribution in [1.82, 2.24) is 19.8 Å². The van der Waals surface area contributed by atoms with Crippen LogP contribution in [0.25, 0.3) is 10.9 Å². The Morgan fingerprint density at radius 3 is 2.68 bits per heavy atom. The number of rotatable bonds is 6. The fourth-order valence-corrected chi connectivity index (χ4v) is 7.55. The number of hydrogen-bond acceptors (Lipinski definition) is 4. The first kappa shape index (κ1) is 21.0. The van der Waals surface area contributed by atoms with E-state index in [0.717, 1.165) is 37.2 Å². The first-order valence-electron chi connectivity index (χ1n) is 13.5. The van der Waals surface area contributed by atoms with Crippen LogP contribution in [0.15, 0.2) is 42.6 Å². The molecule has 5 heteroatoms. The molecule has 2 N–H and O–H groups in total. The molecule has 3 atom stereocenters. The molecule has 4 fully saturated rings. The van der Waals surface area contributed by atoms with E-state index in [1.807, 2.05) is 0 Å². The molecule has 1 saturated heterocycles. The van der Waals surface area contributed by atoms with Gasteiger partial charge in [-0.15, -0.1) is 0 Å². The van der Waals surface area contributed by atoms with E-state index in [2.05, 4.69) is 76.5 Å². The Hall–Kier alpha value is -2.37. The number of aromatic nitrogens is 2. The molecular formula is C29H37N5. The highest BCUT2D eigenvalue weighted by atomic mass is 15.3. The second-order valence-electron chi connectivity index (χ2n) is 11.4. The Bertz CT molecular complexity index is 1170. The van der Waals surface area contributed by atoms with Crippen LogP contribution in [0.1, 0.15) is 62.4 Å². The smallest absolute Gasteiger partial charge is 0.126 e. The van der Waals surface area contributed by atoms with Crippen LogP contribution in [-0.4, -0.2) is 57.5 Å². The number of benzene rings is 1. The van der Waals surface area contributed by atoms with Crippen molar-refractivity contribution < 1.29 is 0 Å². The van der Waals surface area contributed by atoms with Crippen molar-refractivity contribution in [2.75, 3.05) is 25.0 Å². The normalized spacial score (nSPS) is 31.3. The van der Waals surface area contributed by atoms with Crippen molar-refractivity contribution in [3.05, 3.63) is 59.4 Å². The zero-order valence-electron chi connectivity index (χ0n) is 20.5. The maximum atomic E-state index is 4.92. The summed E-state index contributed by atoms with van der Waals surface area (Å²) in [6, 6.07) is 15.5. The van der Waals surface area contributed by atoms with Crippen molar-refractivity contribution in [1.29, 1.82) is 0 Å². The molecule has 8 rings (SSSR count). The molecule has 0 radical (unpaired) electrons. The highest BCUT2D eigenvalue weighted by molar-refractivity contribution is 5.85. The molecule has 2 aliphatic heterocycles. The summed E-state index contributed by atoms with van der Waals surface area (Å²) < 4.78 is 0. The first-order valence-corrected chi connectivity index (χ1v) is 13.5. The van der Waals surface area contributed by atoms with Crippen LogP contribution in [0, 0.1) is 11.8 Å². The Kier molecular flexibility index (Phi) is 4.99. The number of pyridine rings is 1. The summed E-state index contributed by atoms with van der Waals surface area (Å²) in [5.74, 6) is 2.87. The Labute approximate surface area is 202 Å². The highest BCUT2D eigenvalue weighted by Crippen LogP contribution is 2.54. The van der Waals surface area contributed by atoms with Crippen LogP contribution in [0.4, 0.5) is 5.82 Å². The molecule has 2 aromatic heterocycles. The van der Waals surface area contributed by atoms with Gasteiger partial charge in [0.2, 0.25) is 0 Å². The molecule has 3 aliphatic carbocycles. The molecule has 3 saturated carbocycles. The Morgan fingerprint density at radius 2 is 1.94 bits per heavy atom. The molecule has 178 valence electrons. The van der Waals surface area contributed by atoms with Crippen LogP contribution in [0.3, 0.4) is 0 Å². The predicted octanol–water partition coefficient (Wildman–Crippen LogP) is 5.20. The van der Waals surface area contributed by atoms with Gasteiger partial charge in [0.25, 0.3) is 0 Å². The average Bonchev–Trinajstić information content (AvgIpc) is 3.50. The van der Waals surface area contributed by atoms with Gasteiger partial charge in [-0.3, -0.25) is 9.80 Å². The largest absolute Gasteiger partial charge is 0.365 e. The number of para-hydroxylation sites is 1. The minimum atomic E-state index is 0.265. The van der Waals surface area contributed by atoms with Crippen molar-refractivity contribution in [2.45, 2.75) is 70.1 Å². The second-order valence-corrected chi connectivity index (χ2v) is 11.4. The lowest BCUT2D eigenvalue weighted by Gasteiger charge is -2.46. The van der Waals surface area contributed by atoms with Crippen LogP contribution in [0.5, 0.6) is 0 Å². The molecule has 2 bridgehead atoms. The van der Waals surface area contributed by atoms with Crippen LogP contribution in [0.2, 0.25) is 0 Å². The topological polar surface area (TPSA) is 47.2 Å². The quantitative estimate of drug-likeness (QED) is 0.536. The van der Waals surface area contributed by atoms with E-state index in [9.17, 15) is 0 Å². The number of nitrogens with zero attached hydrogens (tertiary/aromatic N) is 3. The standard InChI is InChI=1S/C29H37N5/c1-3-10-33-16-22(17-33)31-27-9-8-20(15-30-27)29-28-24(23-6-4-5-7-25(23)32-28)11-18(2)34(29)26-14-19-12-21(26)13-19/h4-9,15,18-19,21-22,26,29,32H,3,10-14,16-17H2,1-2H3,(H,30,31)/t18-,19?,21?,26-,29-/m1/s1. The summed E-state index contributed by atoms with van der Waals surface area (Å²) in [6.07, 6.45) is 8.77. The summed E-state index contributed by atoms with van der Waals surface area (Å²) in [7, 11) is 0. The molecule has 4 heterocycles. The monoisotopic (exact) mass is 455 g/mol. The van der Waals surface area contributed by atoms with E-state index < -0.39 is 0 Å². The first-order chi connectivity index (χ1) is 16.7. The maximum absolute atomic E-state index is 4.92. The molecule has 0 amide bonds. The van der Waals surface area contributed by atoms with E-state index in [1.165, 1.54) is 60.0 Å². The molecule has 5 nitrogen and oxygen atoms in total. The van der Waals surface area contributed by atoms with Gasteiger partial charge < -0.3 is 10.3 Å². The van der Waals surface area contributed by atoms with Crippen LogP contribution < -0.4 is 5.32 Å². The number of aromatic amines is 1. The van der Waals surface area contributed by atoms with Gasteiger partial charge in [-0.1, -0.05) is 31.2 Å². The highest BCUT2D eigenvalue weighted by Gasteiger charge is 2.51. The number of likely N-dealkylation sites (tertiary alicyclic amines) is 1. The second kappa shape index (κ2) is 8.10. The fourth-order valence-electron chi connectivity index (χ4n) is 7.55. The number of H-pyrrole nitrogens is 1. The Balaban J connectivity index is 1.21. The number of hydrogen-bond donors (Lipinski definition) is 2. The zero-order valence-corrected chi connectivity index (χ0v) is 20.5. The summed E-state index contributed by atoms with van der Waals surface area (Å²) in [5, 5.41) is 5.05. The van der Waals surface area contributed by atoms with Crippen molar-refractivity contribution >= 4 is 16.7 Å². The lowest BCUT2D eigenvalue weighted by atomic mass is 9.82. The van der Waals surface area contributed by atoms with Gasteiger partial charge in [0.1, 0.15) is 5.82 Å². The number of fused-ring (bicyclic) bond motifs is 4. The van der Waals surface area contributed by atoms with Gasteiger partial charge in [-0.05, 0) is 80.7 Å². The van der Waals surface area contributed by atoms with Gasteiger partial charge >= 0.3 is 0 Å². The van der Waals surface area contributed by atoms with Gasteiger partial charge in [0.15, 0.2) is 0 Å². The van der Waals surface area contributed by atoms with E-state index in [-0.39, 0.29) is 6.04 Å². The molecule has 3 aromatic rings. The van der Waals surface area contributed by atoms with E-state index in [4.69, 9.17) is 4.98 Å². The SMILES string of the molecule is CCCN1CC(Nc2ccc([C@@H]3c4[nH]c5ccccc5c4C[C@@H](C)N3[C@@H]3CC4CC3C4)cn2)C1. The molecular weight excluding hydrogens is 418 g/mol. The van der Waals surface area contributed by atoms with Crippen LogP contribution >= 0.6 is 0 Å². The fraction of sp³-hybridized carbons (Fsp3) is 0.552. The zero-order chi connectivity index (χ0) is 22.8. The number of nitrogens with one attached hydrogen (secondary N) is 2. The summed E-state index contributed by atoms with van der Waals surface area (Å²) in [5.41, 5.74) is 5.52. The molecule has 0 unspecified atom stereocenters. The lowest BCUT2D eigenvalue weighted by Crippen LogP contribution is -2.54. The lowest BCUT2D eigenvalue weighted by molar-refractivity contribution is 0.0711. The summed E-state index contributed by atoms with van der Waals surface area (Å²) in [6.45, 7) is 8.18. The van der Waals surface area contributed by atoms with Gasteiger partial charge in [-0.25, -0.2) is 4.98 Å². The minimum Gasteiger partial charge on any atom is -0.365 e. The van der Waals surface area contributed by atoms with Gasteiger partial charge in [-0.2, -0.15) is 0 Å². The van der Waals surface area contributed by atoms with Crippen molar-refractivity contribution in [3.63, 3.8) is 0 Å². The average molecular weight is 456 g/mol. The minimum absolute atomic E-state index is 0.265. The molecule has 0 spiro atoms. The van der Waals surface area contributed by atoms with Crippen molar-refractivity contribution in [2.24, 2.45) is 11.8 Å². The third-order valence-corrected chi connectivity index (χ3v) is 9.15. The summed E-state index contributed by atoms with van der Waals surface area (Å²) in [4.78, 5) is 14.2. The predicted molar refractivity (Wildman–Crippen MR) is 138 cm³/mol. The third-order valence-electron chi connectivity index (χ3n) is 9.15. The van der Waals surface area contributed by atoms with Crippen LogP contribution in [-0.2, 0) is 6.42 Å². The number of anilines is 1. The maximum Gasteiger partial charge on any atom is 0.126 e. The van der Waals surface area contributed by atoms with E-state index >= 15 is 0 Å². The van der Waals surface area contributed by atoms with E-state index in [1.54, 1.807) is 0 Å². The van der Waals surface area contributed by atoms with E-state index in [0.29, 0.717) is 18.1 Å². The molecule has 1 aromatic carbocycles. The third kappa shape index (κ3) is 3.31. The summed E-state index contributed by atoms with van der Waals surface area (Å²) >= 11 is 0. The van der Waals surface area contributed by atoms with Crippen molar-refractivity contribution in [3.8, 4) is 0 Å².